The van der Waals surface area contributed by atoms with Gasteiger partial charge in [0.25, 0.3) is 5.56 Å². The van der Waals surface area contributed by atoms with Crippen molar-refractivity contribution in [3.8, 4) is 5.75 Å². The fourth-order valence-corrected chi connectivity index (χ4v) is 3.92. The SMILES string of the molecule is C=CC(=O)Oc1ccccc1/C(=C(\CC)c1ccccc1)c1ccc2c(=O)[nH]ccc2c1. The standard InChI is InChI=1S/C28H23NO3/c1-3-22(19-10-6-5-7-11-19)27(24-12-8-9-13-25(24)32-26(30)4-2)21-14-15-23-20(18-21)16-17-29-28(23)31/h4-18H,2-3H2,1H3,(H,29,31)/b27-22+. The predicted molar refractivity (Wildman–Crippen MR) is 129 cm³/mol. The Kier molecular flexibility index (Phi) is 6.13. The monoisotopic (exact) mass is 421 g/mol. The zero-order valence-corrected chi connectivity index (χ0v) is 17.8. The third-order valence-electron chi connectivity index (χ3n) is 5.37. The minimum Gasteiger partial charge on any atom is -0.423 e. The summed E-state index contributed by atoms with van der Waals surface area (Å²) in [4.78, 5) is 27.0. The zero-order valence-electron chi connectivity index (χ0n) is 17.8. The lowest BCUT2D eigenvalue weighted by Gasteiger charge is -2.19. The van der Waals surface area contributed by atoms with E-state index in [1.54, 1.807) is 12.3 Å². The summed E-state index contributed by atoms with van der Waals surface area (Å²) in [5.74, 6) is -0.0557. The van der Waals surface area contributed by atoms with Crippen molar-refractivity contribution in [2.45, 2.75) is 13.3 Å². The van der Waals surface area contributed by atoms with E-state index in [-0.39, 0.29) is 5.56 Å². The number of benzene rings is 3. The first kappa shape index (κ1) is 21.1. The minimum atomic E-state index is -0.514. The maximum Gasteiger partial charge on any atom is 0.335 e. The van der Waals surface area contributed by atoms with Crippen molar-refractivity contribution in [1.29, 1.82) is 0 Å². The highest BCUT2D eigenvalue weighted by Crippen LogP contribution is 2.39. The van der Waals surface area contributed by atoms with Crippen LogP contribution in [0.5, 0.6) is 5.75 Å². The summed E-state index contributed by atoms with van der Waals surface area (Å²) in [6.45, 7) is 5.62. The molecule has 4 rings (SSSR count). The Bertz CT molecular complexity index is 1380. The molecular weight excluding hydrogens is 398 g/mol. The molecule has 3 aromatic carbocycles. The molecule has 4 nitrogen and oxygen atoms in total. The van der Waals surface area contributed by atoms with Crippen LogP contribution < -0.4 is 10.3 Å². The molecule has 0 amide bonds. The molecular formula is C28H23NO3. The minimum absolute atomic E-state index is 0.126. The fourth-order valence-electron chi connectivity index (χ4n) is 3.92. The van der Waals surface area contributed by atoms with E-state index in [0.717, 1.165) is 45.7 Å². The number of allylic oxidation sites excluding steroid dienone is 1. The van der Waals surface area contributed by atoms with Crippen LogP contribution in [0.25, 0.3) is 21.9 Å². The van der Waals surface area contributed by atoms with E-state index < -0.39 is 5.97 Å². The first-order chi connectivity index (χ1) is 15.6. The van der Waals surface area contributed by atoms with Gasteiger partial charge >= 0.3 is 5.97 Å². The van der Waals surface area contributed by atoms with E-state index in [1.807, 2.05) is 60.7 Å². The Morgan fingerprint density at radius 3 is 2.47 bits per heavy atom. The number of hydrogen-bond donors (Lipinski definition) is 1. The summed E-state index contributed by atoms with van der Waals surface area (Å²) in [7, 11) is 0. The summed E-state index contributed by atoms with van der Waals surface area (Å²) in [5, 5.41) is 1.47. The molecule has 0 atom stereocenters. The molecule has 32 heavy (non-hydrogen) atoms. The van der Waals surface area contributed by atoms with Gasteiger partial charge in [-0.1, -0.05) is 68.1 Å². The van der Waals surface area contributed by atoms with Gasteiger partial charge in [-0.05, 0) is 58.3 Å². The summed E-state index contributed by atoms with van der Waals surface area (Å²) < 4.78 is 5.59. The number of pyridine rings is 1. The van der Waals surface area contributed by atoms with Gasteiger partial charge in [0.05, 0.1) is 0 Å². The van der Waals surface area contributed by atoms with Crippen LogP contribution in [-0.4, -0.2) is 11.0 Å². The van der Waals surface area contributed by atoms with Gasteiger partial charge in [0.15, 0.2) is 0 Å². The van der Waals surface area contributed by atoms with Gasteiger partial charge in [0.1, 0.15) is 5.75 Å². The molecule has 1 heterocycles. The zero-order chi connectivity index (χ0) is 22.5. The number of rotatable bonds is 6. The van der Waals surface area contributed by atoms with Crippen molar-refractivity contribution in [3.05, 3.63) is 125 Å². The number of aromatic nitrogens is 1. The topological polar surface area (TPSA) is 59.2 Å². The average Bonchev–Trinajstić information content (AvgIpc) is 2.83. The highest BCUT2D eigenvalue weighted by Gasteiger charge is 2.18. The first-order valence-corrected chi connectivity index (χ1v) is 10.5. The van der Waals surface area contributed by atoms with Gasteiger partial charge in [-0.3, -0.25) is 4.79 Å². The number of carbonyl (C=O) groups is 1. The molecule has 0 unspecified atom stereocenters. The van der Waals surface area contributed by atoms with E-state index in [4.69, 9.17) is 4.74 Å². The number of esters is 1. The maximum atomic E-state index is 12.2. The number of carbonyl (C=O) groups excluding carboxylic acids is 1. The van der Waals surface area contributed by atoms with Crippen LogP contribution >= 0.6 is 0 Å². The third-order valence-corrected chi connectivity index (χ3v) is 5.37. The quantitative estimate of drug-likeness (QED) is 0.180. The highest BCUT2D eigenvalue weighted by molar-refractivity contribution is 6.02. The lowest BCUT2D eigenvalue weighted by atomic mass is 9.87. The van der Waals surface area contributed by atoms with Crippen LogP contribution in [0.2, 0.25) is 0 Å². The van der Waals surface area contributed by atoms with E-state index in [1.165, 1.54) is 0 Å². The Morgan fingerprint density at radius 1 is 0.969 bits per heavy atom. The van der Waals surface area contributed by atoms with Crippen molar-refractivity contribution in [2.75, 3.05) is 0 Å². The van der Waals surface area contributed by atoms with E-state index in [9.17, 15) is 9.59 Å². The first-order valence-electron chi connectivity index (χ1n) is 10.5. The molecule has 4 aromatic rings. The molecule has 0 radical (unpaired) electrons. The molecule has 4 heteroatoms. The molecule has 0 aliphatic heterocycles. The van der Waals surface area contributed by atoms with Crippen molar-refractivity contribution in [2.24, 2.45) is 0 Å². The summed E-state index contributed by atoms with van der Waals surface area (Å²) in [6, 6.07) is 25.3. The lowest BCUT2D eigenvalue weighted by Crippen LogP contribution is -2.07. The molecule has 0 saturated carbocycles. The van der Waals surface area contributed by atoms with Crippen LogP contribution in [0, 0.1) is 0 Å². The Hall–Kier alpha value is -4.18. The number of nitrogens with one attached hydrogen (secondary N) is 1. The normalized spacial score (nSPS) is 11.7. The molecule has 0 aliphatic carbocycles. The van der Waals surface area contributed by atoms with Gasteiger partial charge in [-0.2, -0.15) is 0 Å². The number of fused-ring (bicyclic) bond motifs is 1. The van der Waals surface area contributed by atoms with Crippen LogP contribution in [0.4, 0.5) is 0 Å². The average molecular weight is 421 g/mol. The van der Waals surface area contributed by atoms with Crippen LogP contribution in [-0.2, 0) is 4.79 Å². The molecule has 1 N–H and O–H groups in total. The second-order valence-electron chi connectivity index (χ2n) is 7.30. The van der Waals surface area contributed by atoms with Gasteiger partial charge < -0.3 is 9.72 Å². The number of hydrogen-bond acceptors (Lipinski definition) is 3. The Balaban J connectivity index is 2.04. The van der Waals surface area contributed by atoms with Crippen LogP contribution in [0.15, 0.2) is 103 Å². The molecule has 0 fully saturated rings. The molecule has 1 aromatic heterocycles. The van der Waals surface area contributed by atoms with Crippen LogP contribution in [0.3, 0.4) is 0 Å². The van der Waals surface area contributed by atoms with Gasteiger partial charge in [-0.15, -0.1) is 0 Å². The molecule has 0 saturated heterocycles. The van der Waals surface area contributed by atoms with E-state index in [2.05, 4.69) is 30.6 Å². The highest BCUT2D eigenvalue weighted by atomic mass is 16.5. The van der Waals surface area contributed by atoms with Crippen molar-refractivity contribution in [1.82, 2.24) is 4.98 Å². The Labute approximate surface area is 186 Å². The molecule has 0 aliphatic rings. The second kappa shape index (κ2) is 9.31. The Morgan fingerprint density at radius 2 is 1.72 bits per heavy atom. The second-order valence-corrected chi connectivity index (χ2v) is 7.30. The lowest BCUT2D eigenvalue weighted by molar-refractivity contribution is -0.128. The van der Waals surface area contributed by atoms with Gasteiger partial charge in [-0.25, -0.2) is 4.79 Å². The van der Waals surface area contributed by atoms with Crippen LogP contribution in [0.1, 0.15) is 30.0 Å². The van der Waals surface area contributed by atoms with E-state index in [0.29, 0.717) is 11.1 Å². The maximum absolute atomic E-state index is 12.2. The number of para-hydroxylation sites is 1. The molecule has 0 bridgehead atoms. The smallest absolute Gasteiger partial charge is 0.335 e. The van der Waals surface area contributed by atoms with Crippen molar-refractivity contribution < 1.29 is 9.53 Å². The summed E-state index contributed by atoms with van der Waals surface area (Å²) in [5.41, 5.74) is 4.75. The number of aromatic amines is 1. The summed E-state index contributed by atoms with van der Waals surface area (Å²) in [6.07, 6.45) is 3.56. The van der Waals surface area contributed by atoms with Gasteiger partial charge in [0.2, 0.25) is 0 Å². The molecule has 158 valence electrons. The fraction of sp³-hybridized carbons (Fsp3) is 0.0714. The largest absolute Gasteiger partial charge is 0.423 e. The number of H-pyrrole nitrogens is 1. The van der Waals surface area contributed by atoms with Crippen molar-refractivity contribution >= 4 is 27.9 Å². The predicted octanol–water partition coefficient (Wildman–Crippen LogP) is 5.99. The molecule has 0 spiro atoms. The number of ether oxygens (including phenoxy) is 1. The third kappa shape index (κ3) is 4.16. The van der Waals surface area contributed by atoms with Gasteiger partial charge in [0, 0.05) is 23.2 Å². The van der Waals surface area contributed by atoms with E-state index >= 15 is 0 Å². The van der Waals surface area contributed by atoms with Crippen molar-refractivity contribution in [3.63, 3.8) is 0 Å². The summed E-state index contributed by atoms with van der Waals surface area (Å²) >= 11 is 0.